The second kappa shape index (κ2) is 6.81. The third kappa shape index (κ3) is 3.23. The summed E-state index contributed by atoms with van der Waals surface area (Å²) in [5, 5.41) is 1.78. The van der Waals surface area contributed by atoms with Crippen LogP contribution in [0.3, 0.4) is 0 Å². The van der Waals surface area contributed by atoms with E-state index in [4.69, 9.17) is 0 Å². The van der Waals surface area contributed by atoms with E-state index in [1.807, 2.05) is 85.0 Å². The molecule has 2 nitrogen and oxygen atoms in total. The molecule has 3 rings (SSSR count). The molecule has 0 fully saturated rings. The second-order valence-corrected chi connectivity index (χ2v) is 9.23. The molecule has 0 saturated heterocycles. The van der Waals surface area contributed by atoms with Crippen LogP contribution in [-0.4, -0.2) is 17.4 Å². The van der Waals surface area contributed by atoms with Gasteiger partial charge in [-0.05, 0) is 10.4 Å². The van der Waals surface area contributed by atoms with Crippen molar-refractivity contribution >= 4 is 27.7 Å². The Hall–Kier alpha value is -2.05. The van der Waals surface area contributed by atoms with Crippen molar-refractivity contribution in [3.63, 3.8) is 0 Å². The molecular weight excluding hydrogens is 304 g/mol. The molecule has 2 aromatic rings. The number of benzene rings is 2. The summed E-state index contributed by atoms with van der Waals surface area (Å²) in [6, 6.07) is 19.1. The van der Waals surface area contributed by atoms with Crippen molar-refractivity contribution in [1.29, 1.82) is 0 Å². The minimum absolute atomic E-state index is 0.0748. The highest BCUT2D eigenvalue weighted by Crippen LogP contribution is 2.23. The van der Waals surface area contributed by atoms with Gasteiger partial charge in [0.25, 0.3) is 0 Å². The number of hydrogen-bond donors (Lipinski definition) is 0. The van der Waals surface area contributed by atoms with Gasteiger partial charge in [0.15, 0.2) is 0 Å². The fourth-order valence-electron chi connectivity index (χ4n) is 2.55. The van der Waals surface area contributed by atoms with E-state index in [1.165, 1.54) is 0 Å². The predicted octanol–water partition coefficient (Wildman–Crippen LogP) is 2.51. The van der Waals surface area contributed by atoms with Crippen molar-refractivity contribution in [3.05, 3.63) is 85.0 Å². The highest BCUT2D eigenvalue weighted by atomic mass is 28.3. The first-order valence-electron chi connectivity index (χ1n) is 7.31. The molecule has 4 heteroatoms. The Morgan fingerprint density at radius 1 is 0.545 bits per heavy atom. The number of rotatable bonds is 4. The van der Waals surface area contributed by atoms with Crippen LogP contribution >= 0.6 is 0 Å². The second-order valence-electron chi connectivity index (χ2n) is 5.28. The average Bonchev–Trinajstić information content (AvgIpc) is 2.62. The zero-order valence-corrected chi connectivity index (χ0v) is 14.1. The summed E-state index contributed by atoms with van der Waals surface area (Å²) in [6.45, 7) is 0. The van der Waals surface area contributed by atoms with Crippen molar-refractivity contribution < 1.29 is 8.92 Å². The predicted molar refractivity (Wildman–Crippen MR) is 90.8 cm³/mol. The van der Waals surface area contributed by atoms with Crippen LogP contribution in [0.25, 0.3) is 0 Å². The fourth-order valence-corrected chi connectivity index (χ4v) is 5.50. The average molecular weight is 320 g/mol. The van der Waals surface area contributed by atoms with Crippen molar-refractivity contribution in [2.75, 3.05) is 0 Å². The summed E-state index contributed by atoms with van der Waals surface area (Å²) in [7, 11) is -3.79. The Bertz CT molecular complexity index is 659. The van der Waals surface area contributed by atoms with Gasteiger partial charge in [-0.1, -0.05) is 85.0 Å². The van der Waals surface area contributed by atoms with Crippen molar-refractivity contribution in [3.8, 4) is 0 Å². The molecule has 0 radical (unpaired) electrons. The van der Waals surface area contributed by atoms with Crippen LogP contribution in [0.5, 0.6) is 0 Å². The summed E-state index contributed by atoms with van der Waals surface area (Å²) in [5.74, 6) is 0. The lowest BCUT2D eigenvalue weighted by atomic mass is 10.2. The molecule has 1 aliphatic carbocycles. The van der Waals surface area contributed by atoms with Crippen molar-refractivity contribution in [2.24, 2.45) is 0 Å². The zero-order valence-electron chi connectivity index (χ0n) is 12.1. The van der Waals surface area contributed by atoms with Crippen LogP contribution < -0.4 is 10.4 Å². The zero-order chi connectivity index (χ0) is 15.4. The first kappa shape index (κ1) is 14.9. The summed E-state index contributed by atoms with van der Waals surface area (Å²) < 4.78 is 25.1. The molecule has 0 amide bonds. The lowest BCUT2D eigenvalue weighted by molar-refractivity contribution is 0.562. The minimum atomic E-state index is -1.89. The first-order valence-corrected chi connectivity index (χ1v) is 10.3. The highest BCUT2D eigenvalue weighted by Gasteiger charge is 2.24. The van der Waals surface area contributed by atoms with Crippen molar-refractivity contribution in [1.82, 2.24) is 0 Å². The molecule has 0 heterocycles. The summed E-state index contributed by atoms with van der Waals surface area (Å²) >= 11 is 0. The molecule has 22 heavy (non-hydrogen) atoms. The summed E-state index contributed by atoms with van der Waals surface area (Å²) in [6.07, 6.45) is 7.80. The topological polar surface area (TPSA) is 34.1 Å². The molecule has 0 spiro atoms. The van der Waals surface area contributed by atoms with Crippen LogP contribution in [0.2, 0.25) is 11.1 Å². The molecule has 2 aromatic carbocycles. The largest absolute Gasteiger partial charge is 0.381 e. The van der Waals surface area contributed by atoms with E-state index in [-0.39, 0.29) is 11.1 Å². The maximum Gasteiger partial charge on any atom is 0.322 e. The number of allylic oxidation sites excluding steroid dienone is 4. The van der Waals surface area contributed by atoms with Gasteiger partial charge >= 0.3 is 17.4 Å². The molecule has 0 aromatic heterocycles. The Morgan fingerprint density at radius 3 is 1.18 bits per heavy atom. The van der Waals surface area contributed by atoms with E-state index in [0.29, 0.717) is 0 Å². The molecule has 0 saturated carbocycles. The Morgan fingerprint density at radius 2 is 0.864 bits per heavy atom. The highest BCUT2D eigenvalue weighted by molar-refractivity contribution is 6.63. The third-order valence-corrected chi connectivity index (χ3v) is 7.56. The molecule has 1 aliphatic rings. The van der Waals surface area contributed by atoms with E-state index in [9.17, 15) is 8.92 Å². The van der Waals surface area contributed by atoms with Gasteiger partial charge in [0.05, 0.1) is 0 Å². The minimum Gasteiger partial charge on any atom is -0.381 e. The molecule has 0 unspecified atom stereocenters. The SMILES string of the molecule is O=[Si](c1ccccc1)C1C=CC([Si](=O)c2ccccc2)C=C1. The lowest BCUT2D eigenvalue weighted by Gasteiger charge is -2.14. The molecule has 0 atom stereocenters. The Kier molecular flexibility index (Phi) is 4.60. The summed E-state index contributed by atoms with van der Waals surface area (Å²) in [5.41, 5.74) is -0.150. The quantitative estimate of drug-likeness (QED) is 0.641. The van der Waals surface area contributed by atoms with Gasteiger partial charge in [0, 0.05) is 11.1 Å². The van der Waals surface area contributed by atoms with Gasteiger partial charge in [-0.15, -0.1) is 0 Å². The van der Waals surface area contributed by atoms with Crippen LogP contribution in [0.1, 0.15) is 0 Å². The molecule has 108 valence electrons. The molecule has 0 N–H and O–H groups in total. The fraction of sp³-hybridized carbons (Fsp3) is 0.111. The lowest BCUT2D eigenvalue weighted by Crippen LogP contribution is -2.28. The molecule has 0 bridgehead atoms. The summed E-state index contributed by atoms with van der Waals surface area (Å²) in [4.78, 5) is 0. The molecule has 0 aliphatic heterocycles. The molecular formula is C18H16O2Si2. The van der Waals surface area contributed by atoms with Crippen LogP contribution in [0.4, 0.5) is 0 Å². The maximum atomic E-state index is 12.6. The van der Waals surface area contributed by atoms with E-state index in [0.717, 1.165) is 10.4 Å². The van der Waals surface area contributed by atoms with Crippen molar-refractivity contribution in [2.45, 2.75) is 11.1 Å². The van der Waals surface area contributed by atoms with Gasteiger partial charge in [-0.3, -0.25) is 0 Å². The first-order chi connectivity index (χ1) is 10.8. The monoisotopic (exact) mass is 320 g/mol. The smallest absolute Gasteiger partial charge is 0.322 e. The number of hydrogen-bond acceptors (Lipinski definition) is 2. The van der Waals surface area contributed by atoms with Gasteiger partial charge in [-0.2, -0.15) is 0 Å². The van der Waals surface area contributed by atoms with Crippen LogP contribution in [0, 0.1) is 0 Å². The van der Waals surface area contributed by atoms with Crippen LogP contribution in [-0.2, 0) is 8.92 Å². The standard InChI is InChI=1S/C18H16O2Si2/c19-21(15-7-3-1-4-8-15)17-11-13-18(14-12-17)22(20)16-9-5-2-6-10-16/h1-14,17-18H. The van der Waals surface area contributed by atoms with E-state index < -0.39 is 17.4 Å². The van der Waals surface area contributed by atoms with Crippen LogP contribution in [0.15, 0.2) is 85.0 Å². The maximum absolute atomic E-state index is 12.6. The van der Waals surface area contributed by atoms with Gasteiger partial charge in [-0.25, -0.2) is 0 Å². The van der Waals surface area contributed by atoms with Gasteiger partial charge in [0.1, 0.15) is 0 Å². The Labute approximate surface area is 133 Å². The third-order valence-electron chi connectivity index (χ3n) is 3.77. The Balaban J connectivity index is 1.72. The van der Waals surface area contributed by atoms with E-state index in [1.54, 1.807) is 0 Å². The van der Waals surface area contributed by atoms with E-state index >= 15 is 0 Å². The van der Waals surface area contributed by atoms with Gasteiger partial charge in [0.2, 0.25) is 0 Å². The van der Waals surface area contributed by atoms with Gasteiger partial charge < -0.3 is 8.92 Å². The normalized spacial score (nSPS) is 19.8. The van der Waals surface area contributed by atoms with E-state index in [2.05, 4.69) is 0 Å².